The lowest BCUT2D eigenvalue weighted by Crippen LogP contribution is -2.76. The first-order valence-electron chi connectivity index (χ1n) is 32.4. The average Bonchev–Trinajstić information content (AvgIpc) is 0.875. The Labute approximate surface area is 509 Å². The van der Waals surface area contributed by atoms with Gasteiger partial charge in [-0.25, -0.2) is 9.78 Å². The Morgan fingerprint density at radius 2 is 1.76 bits per heavy atom. The molecule has 0 unspecified atom stereocenters. The molecule has 20 rings (SSSR count). The number of ether oxygens (including phenoxy) is 1. The van der Waals surface area contributed by atoms with E-state index in [9.17, 15) is 40.5 Å². The molecule has 462 valence electrons. The van der Waals surface area contributed by atoms with Crippen molar-refractivity contribution in [2.45, 2.75) is 170 Å². The second kappa shape index (κ2) is 20.2. The molecule has 0 radical (unpaired) electrons. The van der Waals surface area contributed by atoms with Crippen molar-refractivity contribution in [3.8, 4) is 22.9 Å². The molecular weight excluding hydrogens is 1120 g/mol. The van der Waals surface area contributed by atoms with Gasteiger partial charge < -0.3 is 65.1 Å². The standard InChI is InChI=1S/C71H80N4O13/c1-4-37-24-39-17-22-69(74-52(39)25-37)42-8-14-59(70(84,65(82)62(81)57(80)34-76)31-40-7-12-55(78)44-10-9-43(77)29-46(40)44)87-88-60-27-41-26-48-56(79)23-36(3)85-64(48)61-63(41)86-71(60)49(28-42)45(11-13-58(69)71)50-32-72-66(83)68(50)19-6-18-67(35-68)20-15-38(16-21-67)51-30-47-53(73-51)33-75(61)54(47)5-2/h7-15,20,23,26,28-30,33,37-39,45,49-50,52,57-60,62,65,73-74,76-78,80-82,84H,4-6,16-19,21-22,24-25,27,31-32,34-35H2,1-3H3,(H,72,83)/b14-8-/t37-,38-,39-,45-,49-,50+,52+,57+,58-,59+,60+,62+,65-,67-,68-,69-,70-,71-/m0/s1. The second-order valence-corrected chi connectivity index (χ2v) is 28.3. The van der Waals surface area contributed by atoms with Gasteiger partial charge in [0.1, 0.15) is 59.1 Å². The number of amides is 1. The predicted octanol–water partition coefficient (Wildman–Crippen LogP) is 8.50. The third kappa shape index (κ3) is 8.05. The van der Waals surface area contributed by atoms with E-state index >= 15 is 4.79 Å². The minimum absolute atomic E-state index is 0.0909. The van der Waals surface area contributed by atoms with Crippen molar-refractivity contribution in [3.05, 3.63) is 141 Å². The van der Waals surface area contributed by atoms with Gasteiger partial charge >= 0.3 is 0 Å². The normalized spacial score (nSPS) is 36.2. The van der Waals surface area contributed by atoms with E-state index in [1.165, 1.54) is 24.3 Å². The van der Waals surface area contributed by atoms with Gasteiger partial charge in [0.2, 0.25) is 5.91 Å². The molecule has 14 aliphatic rings. The number of fused-ring (bicyclic) bond motifs is 6. The molecule has 10 N–H and O–H groups in total. The van der Waals surface area contributed by atoms with Crippen LogP contribution in [0.3, 0.4) is 0 Å². The monoisotopic (exact) mass is 1200 g/mol. The number of rotatable bonds is 9. The first-order chi connectivity index (χ1) is 42.4. The maximum Gasteiger partial charge on any atom is 0.226 e. The van der Waals surface area contributed by atoms with Crippen LogP contribution in [-0.2, 0) is 33.8 Å². The molecule has 4 fully saturated rings. The van der Waals surface area contributed by atoms with Gasteiger partial charge in [-0.15, -0.1) is 0 Å². The highest BCUT2D eigenvalue weighted by Crippen LogP contribution is 2.66. The zero-order chi connectivity index (χ0) is 60.6. The van der Waals surface area contributed by atoms with E-state index in [-0.39, 0.29) is 58.5 Å². The van der Waals surface area contributed by atoms with Gasteiger partial charge in [-0.05, 0) is 159 Å². The second-order valence-electron chi connectivity index (χ2n) is 28.3. The van der Waals surface area contributed by atoms with Gasteiger partial charge in [0, 0.05) is 83.2 Å². The summed E-state index contributed by atoms with van der Waals surface area (Å²) in [5.74, 6) is 0.488. The third-order valence-corrected chi connectivity index (χ3v) is 24.0. The van der Waals surface area contributed by atoms with Gasteiger partial charge in [-0.2, -0.15) is 0 Å². The fourth-order valence-electron chi connectivity index (χ4n) is 19.7. The molecule has 3 aromatic heterocycles. The Morgan fingerprint density at radius 1 is 0.898 bits per heavy atom. The topological polar surface area (TPSA) is 261 Å². The molecule has 17 heteroatoms. The molecule has 2 saturated heterocycles. The summed E-state index contributed by atoms with van der Waals surface area (Å²) in [4.78, 5) is 47.9. The number of H-pyrrole nitrogens is 1. The summed E-state index contributed by atoms with van der Waals surface area (Å²) in [5.41, 5.74) is -0.0268. The van der Waals surface area contributed by atoms with Gasteiger partial charge in [0.05, 0.1) is 28.5 Å². The number of aromatic hydroxyl groups is 2. The van der Waals surface area contributed by atoms with Crippen molar-refractivity contribution in [3.63, 3.8) is 0 Å². The number of piperidine rings is 1. The van der Waals surface area contributed by atoms with Crippen molar-refractivity contribution < 1.29 is 59.5 Å². The smallest absolute Gasteiger partial charge is 0.226 e. The van der Waals surface area contributed by atoms with E-state index in [4.69, 9.17) is 18.9 Å². The molecule has 5 aliphatic carbocycles. The van der Waals surface area contributed by atoms with Crippen molar-refractivity contribution >= 4 is 38.6 Å². The fourth-order valence-corrected chi connectivity index (χ4v) is 19.7. The molecule has 9 aliphatic heterocycles. The Kier molecular flexibility index (Phi) is 13.0. The number of carbonyl (C=O) groups excluding carboxylic acids is 1. The molecule has 1 amide bonds. The van der Waals surface area contributed by atoms with Gasteiger partial charge in [0.15, 0.2) is 22.4 Å². The first kappa shape index (κ1) is 56.7. The predicted molar refractivity (Wildman–Crippen MR) is 329 cm³/mol. The maximum atomic E-state index is 15.2. The SMILES string of the molecule is CCc1c2cc3[nH]c2cn1-c1c2c(cc4c(=O)cc(C)oc14)C[C@H]1OO[C@@H]([C@@](O)(Cc4ccc(O)c5ccc(O)cc45)[C@@H](O)[C@H](O)[C@H](O)CO)/C=C\C4=C[C@H]5[C@H](C=C[C@H]([C@]15O2)[C@]41CC[C@H]2C[C@H](CC)C[C@H]2N1)[C@H]1CNC(=O)[C@]12CCC[C@@]1(C=C[C@H]3CC1)C2. The van der Waals surface area contributed by atoms with Gasteiger partial charge in [0.25, 0.3) is 0 Å². The van der Waals surface area contributed by atoms with Crippen LogP contribution in [0.5, 0.6) is 17.2 Å². The van der Waals surface area contributed by atoms with Gasteiger partial charge in [-0.1, -0.05) is 69.2 Å². The van der Waals surface area contributed by atoms with Crippen LogP contribution in [0.15, 0.2) is 112 Å². The number of allylic oxidation sites excluding steroid dienone is 3. The lowest BCUT2D eigenvalue weighted by Gasteiger charge is -2.65. The van der Waals surface area contributed by atoms with E-state index in [0.717, 1.165) is 85.7 Å². The largest absolute Gasteiger partial charge is 0.508 e. The average molecular weight is 1200 g/mol. The number of benzene rings is 3. The Hall–Kier alpha value is -6.54. The fraction of sp³-hybridized carbons (Fsp3) is 0.521. The number of carbonyl (C=O) groups is 1. The van der Waals surface area contributed by atoms with Crippen LogP contribution in [0.25, 0.3) is 38.3 Å². The highest BCUT2D eigenvalue weighted by molar-refractivity contribution is 5.94. The van der Waals surface area contributed by atoms with Crippen LogP contribution >= 0.6 is 0 Å². The minimum atomic E-state index is -2.60. The molecule has 18 atom stereocenters. The summed E-state index contributed by atoms with van der Waals surface area (Å²) in [5, 5.41) is 91.4. The minimum Gasteiger partial charge on any atom is -0.508 e. The van der Waals surface area contributed by atoms with E-state index in [2.05, 4.69) is 76.7 Å². The van der Waals surface area contributed by atoms with Crippen LogP contribution in [0.1, 0.15) is 119 Å². The van der Waals surface area contributed by atoms with E-state index in [1.807, 2.05) is 12.1 Å². The number of nitrogens with one attached hydrogen (secondary N) is 3. The zero-order valence-corrected chi connectivity index (χ0v) is 50.1. The Morgan fingerprint density at radius 3 is 2.57 bits per heavy atom. The number of aliphatic hydroxyl groups excluding tert-OH is 4. The number of aromatic amines is 1. The van der Waals surface area contributed by atoms with Crippen LogP contribution in [0.2, 0.25) is 0 Å². The highest BCUT2D eigenvalue weighted by atomic mass is 17.2. The van der Waals surface area contributed by atoms with Crippen molar-refractivity contribution in [2.24, 2.45) is 46.3 Å². The van der Waals surface area contributed by atoms with Gasteiger partial charge in [-0.3, -0.25) is 9.59 Å². The number of phenols is 2. The number of aromatic nitrogens is 2. The number of nitrogens with zero attached hydrogens (tertiary/aromatic N) is 1. The Balaban J connectivity index is 0.970. The molecule has 3 aromatic carbocycles. The van der Waals surface area contributed by atoms with Crippen LogP contribution < -0.4 is 20.8 Å². The lowest BCUT2D eigenvalue weighted by molar-refractivity contribution is -0.399. The van der Waals surface area contributed by atoms with Crippen LogP contribution in [-0.4, -0.2) is 118 Å². The molecule has 17 nitrogen and oxygen atoms in total. The molecule has 2 saturated carbocycles. The quantitative estimate of drug-likeness (QED) is 0.0481. The molecule has 88 heavy (non-hydrogen) atoms. The summed E-state index contributed by atoms with van der Waals surface area (Å²) in [7, 11) is 0. The van der Waals surface area contributed by atoms with Crippen LogP contribution in [0, 0.1) is 53.3 Å². The molecular formula is C71H80N4O13. The summed E-state index contributed by atoms with van der Waals surface area (Å²) >= 11 is 0. The van der Waals surface area contributed by atoms with Crippen LogP contribution in [0.4, 0.5) is 0 Å². The number of aliphatic hydroxyl groups is 5. The lowest BCUT2D eigenvalue weighted by atomic mass is 9.46. The molecule has 13 bridgehead atoms. The number of phenolic OH excluding ortho intramolecular Hbond substituents is 2. The van der Waals surface area contributed by atoms with E-state index < -0.39 is 77.5 Å². The van der Waals surface area contributed by atoms with Crippen molar-refractivity contribution in [1.82, 2.24) is 20.2 Å². The number of aryl methyl sites for hydroxylation is 2. The van der Waals surface area contributed by atoms with E-state index in [0.29, 0.717) is 87.7 Å². The molecule has 6 aromatic rings. The summed E-state index contributed by atoms with van der Waals surface area (Å²) in [6.07, 6.45) is 19.0. The number of hydrogen-bond donors (Lipinski definition) is 10. The Bertz CT molecular complexity index is 4060. The molecule has 12 heterocycles. The maximum absolute atomic E-state index is 15.2. The third-order valence-electron chi connectivity index (χ3n) is 24.0. The van der Waals surface area contributed by atoms with Crippen molar-refractivity contribution in [2.75, 3.05) is 13.2 Å². The van der Waals surface area contributed by atoms with E-state index in [1.54, 1.807) is 25.1 Å². The highest BCUT2D eigenvalue weighted by Gasteiger charge is 2.71. The van der Waals surface area contributed by atoms with Crippen molar-refractivity contribution in [1.29, 1.82) is 0 Å². The number of hydrogen-bond acceptors (Lipinski definition) is 14. The summed E-state index contributed by atoms with van der Waals surface area (Å²) in [6.45, 7) is 5.72. The summed E-state index contributed by atoms with van der Waals surface area (Å²) < 4.78 is 17.4. The zero-order valence-electron chi connectivity index (χ0n) is 50.1. The molecule has 4 spiro atoms. The first-order valence-corrected chi connectivity index (χ1v) is 32.4. The summed E-state index contributed by atoms with van der Waals surface area (Å²) in [6, 6.07) is 13.2.